The molecular weight excluding hydrogens is 1010 g/mol. The van der Waals surface area contributed by atoms with Crippen LogP contribution in [0.15, 0.2) is 59.4 Å². The average Bonchev–Trinajstić information content (AvgIpc) is 4.16. The summed E-state index contributed by atoms with van der Waals surface area (Å²) in [5, 5.41) is 24.6. The number of halogens is 1. The lowest BCUT2D eigenvalue weighted by Gasteiger charge is -2.35. The number of nitrogens with one attached hydrogen (secondary N) is 5. The fourth-order valence-corrected chi connectivity index (χ4v) is 10.3. The third-order valence-corrected chi connectivity index (χ3v) is 14.7. The van der Waals surface area contributed by atoms with Crippen LogP contribution in [0, 0.1) is 12.7 Å². The van der Waals surface area contributed by atoms with E-state index in [0.29, 0.717) is 65.7 Å². The number of carbonyl (C=O) groups is 9. The van der Waals surface area contributed by atoms with Gasteiger partial charge in [-0.05, 0) is 73.8 Å². The number of aromatic nitrogens is 2. The van der Waals surface area contributed by atoms with Gasteiger partial charge in [-0.1, -0.05) is 43.7 Å². The largest absolute Gasteiger partial charge is 0.458 e. The molecule has 412 valence electrons. The molecule has 78 heavy (non-hydrogen) atoms. The van der Waals surface area contributed by atoms with E-state index >= 15 is 4.39 Å². The molecule has 3 atom stereocenters. The highest BCUT2D eigenvalue weighted by Crippen LogP contribution is 2.47. The Morgan fingerprint density at radius 1 is 0.872 bits per heavy atom. The highest BCUT2D eigenvalue weighted by Gasteiger charge is 2.46. The van der Waals surface area contributed by atoms with Gasteiger partial charge in [-0.3, -0.25) is 48.1 Å². The number of aliphatic hydroxyl groups is 1. The lowest BCUT2D eigenvalue weighted by Crippen LogP contribution is -2.52. The molecule has 4 aromatic rings. The highest BCUT2D eigenvalue weighted by molar-refractivity contribution is 6.12. The normalized spacial score (nSPS) is 17.2. The number of nitrogens with zero attached hydrogens (tertiary/aromatic N) is 4. The number of carbonyl (C=O) groups excluding carboxylic acids is 9. The smallest absolute Gasteiger partial charge is 0.343 e. The Morgan fingerprint density at radius 3 is 2.32 bits per heavy atom. The van der Waals surface area contributed by atoms with Gasteiger partial charge in [-0.15, -0.1) is 0 Å². The van der Waals surface area contributed by atoms with Crippen molar-refractivity contribution in [2.75, 3.05) is 46.6 Å². The van der Waals surface area contributed by atoms with Crippen LogP contribution in [-0.2, 0) is 84.2 Å². The zero-order valence-electron chi connectivity index (χ0n) is 43.6. The second-order valence-corrected chi connectivity index (χ2v) is 19.7. The van der Waals surface area contributed by atoms with E-state index < -0.39 is 84.2 Å². The molecule has 2 aromatic heterocycles. The Balaban J connectivity index is 0.783. The van der Waals surface area contributed by atoms with Crippen LogP contribution in [0.5, 0.6) is 0 Å². The minimum absolute atomic E-state index is 0.0324. The number of cyclic esters (lactones) is 1. The van der Waals surface area contributed by atoms with E-state index in [4.69, 9.17) is 14.5 Å². The molecule has 8 amide bonds. The van der Waals surface area contributed by atoms with E-state index in [0.717, 1.165) is 21.4 Å². The highest BCUT2D eigenvalue weighted by atomic mass is 19.1. The minimum atomic E-state index is -2.03. The summed E-state index contributed by atoms with van der Waals surface area (Å²) in [7, 11) is 1.69. The monoisotopic (exact) mass is 1080 g/mol. The van der Waals surface area contributed by atoms with Crippen molar-refractivity contribution in [3.63, 3.8) is 0 Å². The fourth-order valence-electron chi connectivity index (χ4n) is 10.3. The number of amides is 8. The number of imide groups is 1. The first-order valence-electron chi connectivity index (χ1n) is 26.0. The summed E-state index contributed by atoms with van der Waals surface area (Å²) in [6.07, 6.45) is 5.42. The van der Waals surface area contributed by atoms with Gasteiger partial charge in [-0.2, -0.15) is 0 Å². The van der Waals surface area contributed by atoms with Crippen LogP contribution in [0.4, 0.5) is 4.39 Å². The molecular formula is C55H62FN9O13. The molecule has 8 rings (SSSR count). The molecule has 0 fully saturated rings. The third kappa shape index (κ3) is 12.2. The minimum Gasteiger partial charge on any atom is -0.458 e. The molecule has 3 aliphatic heterocycles. The van der Waals surface area contributed by atoms with Crippen LogP contribution in [0.2, 0.25) is 0 Å². The molecule has 2 aromatic carbocycles. The van der Waals surface area contributed by atoms with Crippen molar-refractivity contribution < 1.29 is 62.1 Å². The van der Waals surface area contributed by atoms with Gasteiger partial charge in [0, 0.05) is 74.2 Å². The van der Waals surface area contributed by atoms with Crippen LogP contribution in [0.1, 0.15) is 103 Å². The van der Waals surface area contributed by atoms with Crippen molar-refractivity contribution in [3.05, 3.63) is 110 Å². The van der Waals surface area contributed by atoms with E-state index in [9.17, 15) is 53.1 Å². The first kappa shape index (κ1) is 56.0. The van der Waals surface area contributed by atoms with Crippen molar-refractivity contribution in [3.8, 4) is 11.4 Å². The molecule has 5 heterocycles. The van der Waals surface area contributed by atoms with Crippen LogP contribution in [0.3, 0.4) is 0 Å². The zero-order valence-corrected chi connectivity index (χ0v) is 43.6. The number of ether oxygens (including phenoxy) is 2. The number of aryl methyl sites for hydroxylation is 1. The molecule has 0 saturated heterocycles. The van der Waals surface area contributed by atoms with Crippen molar-refractivity contribution in [2.24, 2.45) is 0 Å². The fraction of sp³-hybridized carbons (Fsp3) is 0.436. The summed E-state index contributed by atoms with van der Waals surface area (Å²) in [5.41, 5.74) is 2.38. The van der Waals surface area contributed by atoms with Crippen molar-refractivity contribution in [1.29, 1.82) is 0 Å². The maximum absolute atomic E-state index is 15.4. The van der Waals surface area contributed by atoms with Gasteiger partial charge >= 0.3 is 5.97 Å². The van der Waals surface area contributed by atoms with Crippen molar-refractivity contribution in [1.82, 2.24) is 45.9 Å². The van der Waals surface area contributed by atoms with Crippen LogP contribution in [0.25, 0.3) is 22.3 Å². The second-order valence-electron chi connectivity index (χ2n) is 19.7. The topological polar surface area (TPSA) is 294 Å². The molecule has 23 heteroatoms. The summed E-state index contributed by atoms with van der Waals surface area (Å²) >= 11 is 0. The number of hydrogen-bond donors (Lipinski definition) is 6. The lowest BCUT2D eigenvalue weighted by molar-refractivity contribution is -0.172. The molecule has 0 bridgehead atoms. The standard InChI is InChI=1S/C55H62FN9O13/c1-4-55(76)36-23-41-51-34(28-65(41)53(74)35(36)29-78-54(55)75)50-40(17-16-33-31(2)37(56)24-38(62-51)49(33)50)63(3)46(70)15-11-21-77-30-60-44(68)26-59-52(73)39(22-32-12-7-5-8-13-32)61-45(69)27-58-43(67)25-57-42(66)14-9-6-10-20-64-47(71)18-19-48(64)72/h5,7-8,12-13,18-19,23-24,39-40,76H,4,6,9-11,14-17,20-22,25-30H2,1-3H3,(H,57,66)(H,58,67)(H,59,73)(H,60,68)(H,61,69)/t39-,40-,55-/m0/s1. The predicted molar refractivity (Wildman–Crippen MR) is 277 cm³/mol. The van der Waals surface area contributed by atoms with Crippen molar-refractivity contribution >= 4 is 64.1 Å². The zero-order chi connectivity index (χ0) is 55.8. The Morgan fingerprint density at radius 2 is 1.58 bits per heavy atom. The Kier molecular flexibility index (Phi) is 17.6. The van der Waals surface area contributed by atoms with Gasteiger partial charge in [0.15, 0.2) is 5.60 Å². The first-order chi connectivity index (χ1) is 37.4. The summed E-state index contributed by atoms with van der Waals surface area (Å²) in [4.78, 5) is 135. The molecule has 22 nitrogen and oxygen atoms in total. The van der Waals surface area contributed by atoms with E-state index in [1.165, 1.54) is 22.8 Å². The Labute approximate surface area is 447 Å². The maximum atomic E-state index is 15.4. The number of fused-ring (bicyclic) bond motifs is 5. The molecule has 6 N–H and O–H groups in total. The van der Waals surface area contributed by atoms with Crippen molar-refractivity contribution in [2.45, 2.75) is 109 Å². The van der Waals surface area contributed by atoms with Gasteiger partial charge in [0.2, 0.25) is 35.4 Å². The van der Waals surface area contributed by atoms with E-state index in [2.05, 4.69) is 26.6 Å². The SMILES string of the molecule is CC[C@@]1(O)C(=O)OCc2c1cc1n(c2=O)Cc2c-1nc1cc(F)c(C)c3c1c2[C@@H](N(C)C(=O)CCCOCNC(=O)CNC(=O)[C@H](Cc1ccccc1)NC(=O)CNC(=O)CNC(=O)CCCCCN1C(=O)C=CC1=O)CC3. The van der Waals surface area contributed by atoms with Gasteiger partial charge < -0.3 is 50.6 Å². The molecule has 0 unspecified atom stereocenters. The third-order valence-electron chi connectivity index (χ3n) is 14.7. The quantitative estimate of drug-likeness (QED) is 0.0221. The molecule has 0 spiro atoms. The van der Waals surface area contributed by atoms with Gasteiger partial charge in [0.05, 0.1) is 54.7 Å². The predicted octanol–water partition coefficient (Wildman–Crippen LogP) is 1.40. The molecule has 0 radical (unpaired) electrons. The van der Waals surface area contributed by atoms with E-state index in [1.807, 2.05) is 0 Å². The summed E-state index contributed by atoms with van der Waals surface area (Å²) < 4.78 is 27.8. The Hall–Kier alpha value is -8.18. The Bertz CT molecular complexity index is 3160. The van der Waals surface area contributed by atoms with Crippen LogP contribution in [-0.4, -0.2) is 130 Å². The molecule has 1 aliphatic carbocycles. The lowest BCUT2D eigenvalue weighted by atomic mass is 9.81. The number of hydrogen-bond acceptors (Lipinski definition) is 14. The van der Waals surface area contributed by atoms with E-state index in [-0.39, 0.29) is 94.0 Å². The summed E-state index contributed by atoms with van der Waals surface area (Å²) in [6, 6.07) is 10.2. The molecule has 0 saturated carbocycles. The number of benzene rings is 2. The number of unbranched alkanes of at least 4 members (excludes halogenated alkanes) is 2. The van der Waals surface area contributed by atoms with E-state index in [1.54, 1.807) is 62.2 Å². The first-order valence-corrected chi connectivity index (χ1v) is 26.0. The van der Waals surface area contributed by atoms with Gasteiger partial charge in [0.25, 0.3) is 17.4 Å². The number of pyridine rings is 2. The number of esters is 1. The summed E-state index contributed by atoms with van der Waals surface area (Å²) in [6.45, 7) is 1.88. The van der Waals surface area contributed by atoms with Crippen LogP contribution >= 0.6 is 0 Å². The second kappa shape index (κ2) is 24.4. The number of rotatable bonds is 24. The average molecular weight is 1080 g/mol. The van der Waals surface area contributed by atoms with Gasteiger partial charge in [0.1, 0.15) is 25.2 Å². The van der Waals surface area contributed by atoms with Gasteiger partial charge in [-0.25, -0.2) is 14.2 Å². The van der Waals surface area contributed by atoms with Crippen LogP contribution < -0.4 is 32.1 Å². The maximum Gasteiger partial charge on any atom is 0.343 e. The summed E-state index contributed by atoms with van der Waals surface area (Å²) in [5.74, 6) is -5.23. The molecule has 4 aliphatic rings.